The number of nitrogens with zero attached hydrogens (tertiary/aromatic N) is 1. The number of imidazole rings is 1. The number of hydrogen-bond donors (Lipinski definition) is 2. The highest BCUT2D eigenvalue weighted by molar-refractivity contribution is 7.80. The Balaban J connectivity index is 2.54. The van der Waals surface area contributed by atoms with Crippen molar-refractivity contribution in [3.05, 3.63) is 24.5 Å². The SMILES string of the molecule is O=S([O-])Nc1cccc2[nH]cnc12. The maximum atomic E-state index is 10.4. The van der Waals surface area contributed by atoms with Crippen LogP contribution in [0.15, 0.2) is 24.5 Å². The molecule has 1 atom stereocenters. The molecule has 5 nitrogen and oxygen atoms in total. The van der Waals surface area contributed by atoms with Gasteiger partial charge in [-0.05, 0) is 12.1 Å². The number of nitrogens with one attached hydrogen (secondary N) is 2. The molecule has 0 saturated heterocycles. The molecule has 6 heteroatoms. The monoisotopic (exact) mass is 196 g/mol. The lowest BCUT2D eigenvalue weighted by Crippen LogP contribution is -2.02. The number of aromatic nitrogens is 2. The molecule has 0 fully saturated rings. The minimum Gasteiger partial charge on any atom is -0.755 e. The Kier molecular flexibility index (Phi) is 1.99. The summed E-state index contributed by atoms with van der Waals surface area (Å²) in [5.41, 5.74) is 1.90. The summed E-state index contributed by atoms with van der Waals surface area (Å²) < 4.78 is 23.0. The molecular weight excluding hydrogens is 190 g/mol. The van der Waals surface area contributed by atoms with E-state index in [1.165, 1.54) is 6.33 Å². The Morgan fingerprint density at radius 3 is 3.15 bits per heavy atom. The zero-order valence-corrected chi connectivity index (χ0v) is 7.30. The van der Waals surface area contributed by atoms with Gasteiger partial charge >= 0.3 is 0 Å². The van der Waals surface area contributed by atoms with Crippen molar-refractivity contribution < 1.29 is 8.76 Å². The van der Waals surface area contributed by atoms with Gasteiger partial charge < -0.3 is 14.3 Å². The fourth-order valence-electron chi connectivity index (χ4n) is 1.14. The number of H-pyrrole nitrogens is 1. The topological polar surface area (TPSA) is 80.8 Å². The van der Waals surface area contributed by atoms with Gasteiger partial charge in [0.15, 0.2) is 0 Å². The lowest BCUT2D eigenvalue weighted by atomic mass is 10.3. The third-order valence-corrected chi connectivity index (χ3v) is 2.03. The standard InChI is InChI=1S/C7H7N3O2S/c11-13(12)10-6-3-1-2-5-7(6)9-4-8-5/h1-4,10H,(H,8,9)(H,11,12)/p-1. The smallest absolute Gasteiger partial charge is 0.112 e. The van der Waals surface area contributed by atoms with E-state index in [4.69, 9.17) is 0 Å². The van der Waals surface area contributed by atoms with Crippen molar-refractivity contribution in [3.8, 4) is 0 Å². The van der Waals surface area contributed by atoms with Crippen LogP contribution in [-0.2, 0) is 11.3 Å². The number of benzene rings is 1. The molecule has 1 unspecified atom stereocenters. The molecule has 1 aromatic heterocycles. The predicted octanol–water partition coefficient (Wildman–Crippen LogP) is 0.769. The Bertz CT molecular complexity index is 454. The van der Waals surface area contributed by atoms with E-state index in [0.717, 1.165) is 5.52 Å². The maximum absolute atomic E-state index is 10.4. The Hall–Kier alpha value is -1.40. The molecule has 1 heterocycles. The van der Waals surface area contributed by atoms with E-state index in [-0.39, 0.29) is 0 Å². The van der Waals surface area contributed by atoms with Crippen molar-refractivity contribution in [2.24, 2.45) is 0 Å². The highest BCUT2D eigenvalue weighted by Gasteiger charge is 2.01. The van der Waals surface area contributed by atoms with Crippen LogP contribution < -0.4 is 4.72 Å². The number of fused-ring (bicyclic) bond motifs is 1. The van der Waals surface area contributed by atoms with Crippen LogP contribution in [0.2, 0.25) is 0 Å². The van der Waals surface area contributed by atoms with Crippen molar-refractivity contribution in [2.75, 3.05) is 4.72 Å². The summed E-state index contributed by atoms with van der Waals surface area (Å²) >= 11 is -2.31. The molecule has 2 aromatic rings. The van der Waals surface area contributed by atoms with Crippen LogP contribution in [0.3, 0.4) is 0 Å². The van der Waals surface area contributed by atoms with E-state index in [1.54, 1.807) is 12.1 Å². The van der Waals surface area contributed by atoms with Gasteiger partial charge in [0.1, 0.15) is 5.52 Å². The first kappa shape index (κ1) is 8.21. The van der Waals surface area contributed by atoms with Gasteiger partial charge in [0.25, 0.3) is 0 Å². The Labute approximate surface area is 76.6 Å². The van der Waals surface area contributed by atoms with Crippen LogP contribution >= 0.6 is 0 Å². The van der Waals surface area contributed by atoms with Gasteiger partial charge in [0.2, 0.25) is 0 Å². The fourth-order valence-corrected chi connectivity index (χ4v) is 1.48. The van der Waals surface area contributed by atoms with Gasteiger partial charge in [-0.3, -0.25) is 4.21 Å². The first-order chi connectivity index (χ1) is 6.27. The molecule has 0 aliphatic heterocycles. The van der Waals surface area contributed by atoms with E-state index in [2.05, 4.69) is 14.7 Å². The summed E-state index contributed by atoms with van der Waals surface area (Å²) in [4.78, 5) is 6.86. The average molecular weight is 196 g/mol. The molecule has 0 aliphatic rings. The third kappa shape index (κ3) is 1.53. The molecule has 0 aliphatic carbocycles. The molecule has 0 bridgehead atoms. The first-order valence-electron chi connectivity index (χ1n) is 3.55. The van der Waals surface area contributed by atoms with Crippen LogP contribution in [0.1, 0.15) is 0 Å². The maximum Gasteiger partial charge on any atom is 0.112 e. The van der Waals surface area contributed by atoms with E-state index in [9.17, 15) is 8.76 Å². The summed E-state index contributed by atoms with van der Waals surface area (Å²) in [6.07, 6.45) is 1.52. The molecule has 2 rings (SSSR count). The van der Waals surface area contributed by atoms with Crippen molar-refractivity contribution in [1.29, 1.82) is 0 Å². The lowest BCUT2D eigenvalue weighted by molar-refractivity contribution is 0.542. The quantitative estimate of drug-likeness (QED) is 0.696. The summed E-state index contributed by atoms with van der Waals surface area (Å²) in [7, 11) is 0. The van der Waals surface area contributed by atoms with Crippen molar-refractivity contribution >= 4 is 28.0 Å². The van der Waals surface area contributed by atoms with Gasteiger partial charge in [0.05, 0.1) is 17.5 Å². The molecule has 0 saturated carbocycles. The second-order valence-corrected chi connectivity index (χ2v) is 3.11. The summed E-state index contributed by atoms with van der Waals surface area (Å²) in [5, 5.41) is 0. The summed E-state index contributed by atoms with van der Waals surface area (Å²) in [6, 6.07) is 5.22. The van der Waals surface area contributed by atoms with E-state index < -0.39 is 11.3 Å². The fraction of sp³-hybridized carbons (Fsp3) is 0. The highest BCUT2D eigenvalue weighted by Crippen LogP contribution is 2.19. The van der Waals surface area contributed by atoms with Crippen molar-refractivity contribution in [3.63, 3.8) is 0 Å². The second kappa shape index (κ2) is 3.15. The minimum atomic E-state index is -2.31. The molecule has 0 amide bonds. The average Bonchev–Trinajstić information content (AvgIpc) is 2.51. The zero-order valence-electron chi connectivity index (χ0n) is 6.48. The number of aromatic amines is 1. The van der Waals surface area contributed by atoms with E-state index >= 15 is 0 Å². The van der Waals surface area contributed by atoms with Crippen LogP contribution in [0.25, 0.3) is 11.0 Å². The summed E-state index contributed by atoms with van der Waals surface area (Å²) in [6.45, 7) is 0. The first-order valence-corrected chi connectivity index (χ1v) is 4.63. The van der Waals surface area contributed by atoms with Crippen LogP contribution in [0, 0.1) is 0 Å². The van der Waals surface area contributed by atoms with Crippen LogP contribution in [-0.4, -0.2) is 18.7 Å². The lowest BCUT2D eigenvalue weighted by Gasteiger charge is -2.08. The minimum absolute atomic E-state index is 0.479. The normalized spacial score (nSPS) is 13.0. The number of hydrogen-bond acceptors (Lipinski definition) is 3. The highest BCUT2D eigenvalue weighted by atomic mass is 32.2. The van der Waals surface area contributed by atoms with Crippen LogP contribution in [0.5, 0.6) is 0 Å². The number of anilines is 1. The van der Waals surface area contributed by atoms with Gasteiger partial charge in [-0.1, -0.05) is 6.07 Å². The Morgan fingerprint density at radius 2 is 2.38 bits per heavy atom. The van der Waals surface area contributed by atoms with Crippen molar-refractivity contribution in [2.45, 2.75) is 0 Å². The van der Waals surface area contributed by atoms with Crippen molar-refractivity contribution in [1.82, 2.24) is 9.97 Å². The van der Waals surface area contributed by atoms with Gasteiger partial charge in [-0.15, -0.1) is 0 Å². The van der Waals surface area contributed by atoms with E-state index in [0.29, 0.717) is 11.2 Å². The van der Waals surface area contributed by atoms with Gasteiger partial charge in [-0.2, -0.15) is 0 Å². The largest absolute Gasteiger partial charge is 0.755 e. The predicted molar refractivity (Wildman–Crippen MR) is 48.6 cm³/mol. The molecule has 1 aromatic carbocycles. The number of para-hydroxylation sites is 1. The molecule has 2 N–H and O–H groups in total. The second-order valence-electron chi connectivity index (χ2n) is 2.44. The Morgan fingerprint density at radius 1 is 1.54 bits per heavy atom. The van der Waals surface area contributed by atoms with E-state index in [1.807, 2.05) is 6.07 Å². The molecule has 0 radical (unpaired) electrons. The summed E-state index contributed by atoms with van der Waals surface area (Å²) in [5.74, 6) is 0. The zero-order chi connectivity index (χ0) is 9.26. The molecular formula is C7H6N3O2S-. The molecule has 0 spiro atoms. The van der Waals surface area contributed by atoms with Gasteiger partial charge in [-0.25, -0.2) is 4.98 Å². The molecule has 13 heavy (non-hydrogen) atoms. The van der Waals surface area contributed by atoms with Crippen LogP contribution in [0.4, 0.5) is 5.69 Å². The third-order valence-electron chi connectivity index (χ3n) is 1.64. The van der Waals surface area contributed by atoms with Gasteiger partial charge in [0, 0.05) is 11.3 Å². The molecule has 68 valence electrons. The number of rotatable bonds is 2.